The topological polar surface area (TPSA) is 0 Å². The van der Waals surface area contributed by atoms with Crippen LogP contribution in [0.2, 0.25) is 0 Å². The third-order valence-electron chi connectivity index (χ3n) is 2.21. The molecular weight excluding hydrogens is 156 g/mol. The first kappa shape index (κ1) is 10.0. The minimum Gasteiger partial charge on any atom is -0.0985 e. The Labute approximate surface area is 81.3 Å². The highest BCUT2D eigenvalue weighted by molar-refractivity contribution is 5.49. The molecule has 1 aromatic rings. The molecule has 0 aromatic heterocycles. The van der Waals surface area contributed by atoms with Gasteiger partial charge in [-0.25, -0.2) is 0 Å². The highest BCUT2D eigenvalue weighted by atomic mass is 14.0. The molecule has 0 atom stereocenters. The smallest absolute Gasteiger partial charge is 0.0257 e. The molecule has 0 unspecified atom stereocenters. The fraction of sp³-hybridized carbons (Fsp3) is 0.385. The SMILES string of the molecule is C=Cc1cc(C)cc(CCCC)c1. The van der Waals surface area contributed by atoms with E-state index in [1.54, 1.807) is 0 Å². The van der Waals surface area contributed by atoms with Crippen molar-refractivity contribution in [3.63, 3.8) is 0 Å². The average Bonchev–Trinajstić information content (AvgIpc) is 2.14. The van der Waals surface area contributed by atoms with E-state index in [0.717, 1.165) is 0 Å². The Morgan fingerprint density at radius 2 is 2.08 bits per heavy atom. The quantitative estimate of drug-likeness (QED) is 0.647. The molecule has 0 aliphatic heterocycles. The van der Waals surface area contributed by atoms with E-state index in [0.29, 0.717) is 0 Å². The van der Waals surface area contributed by atoms with Gasteiger partial charge in [0.05, 0.1) is 0 Å². The molecule has 70 valence electrons. The van der Waals surface area contributed by atoms with E-state index in [4.69, 9.17) is 0 Å². The predicted molar refractivity (Wildman–Crippen MR) is 59.9 cm³/mol. The first-order valence-corrected chi connectivity index (χ1v) is 4.99. The van der Waals surface area contributed by atoms with E-state index in [1.807, 2.05) is 6.08 Å². The normalized spacial score (nSPS) is 10.0. The van der Waals surface area contributed by atoms with Crippen LogP contribution in [0.3, 0.4) is 0 Å². The lowest BCUT2D eigenvalue weighted by Gasteiger charge is -2.03. The molecule has 0 saturated carbocycles. The first-order valence-electron chi connectivity index (χ1n) is 4.99. The predicted octanol–water partition coefficient (Wildman–Crippen LogP) is 3.98. The summed E-state index contributed by atoms with van der Waals surface area (Å²) in [5, 5.41) is 0. The lowest BCUT2D eigenvalue weighted by molar-refractivity contribution is 0.794. The van der Waals surface area contributed by atoms with E-state index in [-0.39, 0.29) is 0 Å². The minimum absolute atomic E-state index is 1.19. The van der Waals surface area contributed by atoms with Gasteiger partial charge in [0.25, 0.3) is 0 Å². The maximum absolute atomic E-state index is 3.79. The molecule has 0 spiro atoms. The number of hydrogen-bond donors (Lipinski definition) is 0. The molecule has 0 heterocycles. The molecule has 0 nitrogen and oxygen atoms in total. The van der Waals surface area contributed by atoms with Crippen LogP contribution in [0.1, 0.15) is 36.5 Å². The standard InChI is InChI=1S/C13H18/c1-4-6-7-13-9-11(3)8-12(5-2)10-13/h5,8-10H,2,4,6-7H2,1,3H3. The van der Waals surface area contributed by atoms with Gasteiger partial charge in [-0.15, -0.1) is 0 Å². The van der Waals surface area contributed by atoms with Crippen molar-refractivity contribution in [3.05, 3.63) is 41.5 Å². The second-order valence-corrected chi connectivity index (χ2v) is 3.56. The molecule has 0 heteroatoms. The van der Waals surface area contributed by atoms with Gasteiger partial charge in [0, 0.05) is 0 Å². The van der Waals surface area contributed by atoms with Crippen molar-refractivity contribution in [1.29, 1.82) is 0 Å². The molecule has 13 heavy (non-hydrogen) atoms. The van der Waals surface area contributed by atoms with Crippen molar-refractivity contribution in [3.8, 4) is 0 Å². The van der Waals surface area contributed by atoms with Gasteiger partial charge in [-0.05, 0) is 30.9 Å². The summed E-state index contributed by atoms with van der Waals surface area (Å²) in [6.07, 6.45) is 5.65. The number of aryl methyl sites for hydroxylation is 2. The van der Waals surface area contributed by atoms with Gasteiger partial charge in [-0.1, -0.05) is 49.8 Å². The molecule has 0 N–H and O–H groups in total. The fourth-order valence-electron chi connectivity index (χ4n) is 1.54. The van der Waals surface area contributed by atoms with Crippen LogP contribution in [0, 0.1) is 6.92 Å². The van der Waals surface area contributed by atoms with E-state index < -0.39 is 0 Å². The Bertz CT molecular complexity index is 284. The van der Waals surface area contributed by atoms with Crippen LogP contribution in [-0.4, -0.2) is 0 Å². The van der Waals surface area contributed by atoms with Crippen molar-refractivity contribution < 1.29 is 0 Å². The number of unbranched alkanes of at least 4 members (excludes halogenated alkanes) is 1. The van der Waals surface area contributed by atoms with Crippen LogP contribution in [0.15, 0.2) is 24.8 Å². The molecule has 0 radical (unpaired) electrons. The highest BCUT2D eigenvalue weighted by Gasteiger charge is 1.95. The van der Waals surface area contributed by atoms with Gasteiger partial charge in [0.1, 0.15) is 0 Å². The Morgan fingerprint density at radius 3 is 2.69 bits per heavy atom. The van der Waals surface area contributed by atoms with Gasteiger partial charge in [0.15, 0.2) is 0 Å². The second-order valence-electron chi connectivity index (χ2n) is 3.56. The molecule has 0 bridgehead atoms. The first-order chi connectivity index (χ1) is 6.26. The largest absolute Gasteiger partial charge is 0.0985 e. The summed E-state index contributed by atoms with van der Waals surface area (Å²) in [7, 11) is 0. The monoisotopic (exact) mass is 174 g/mol. The third kappa shape index (κ3) is 3.06. The highest BCUT2D eigenvalue weighted by Crippen LogP contribution is 2.13. The summed E-state index contributed by atoms with van der Waals surface area (Å²) in [6, 6.07) is 6.67. The van der Waals surface area contributed by atoms with Gasteiger partial charge >= 0.3 is 0 Å². The molecule has 1 rings (SSSR count). The third-order valence-corrected chi connectivity index (χ3v) is 2.21. The second kappa shape index (κ2) is 4.86. The lowest BCUT2D eigenvalue weighted by Crippen LogP contribution is -1.87. The van der Waals surface area contributed by atoms with Gasteiger partial charge < -0.3 is 0 Å². The van der Waals surface area contributed by atoms with Crippen molar-refractivity contribution >= 4 is 6.08 Å². The van der Waals surface area contributed by atoms with Crippen LogP contribution in [0.5, 0.6) is 0 Å². The van der Waals surface area contributed by atoms with Gasteiger partial charge in [0.2, 0.25) is 0 Å². The van der Waals surface area contributed by atoms with E-state index in [1.165, 1.54) is 36.0 Å². The summed E-state index contributed by atoms with van der Waals surface area (Å²) >= 11 is 0. The Hall–Kier alpha value is -1.04. The van der Waals surface area contributed by atoms with E-state index in [2.05, 4.69) is 38.6 Å². The van der Waals surface area contributed by atoms with Gasteiger partial charge in [-0.3, -0.25) is 0 Å². The van der Waals surface area contributed by atoms with E-state index in [9.17, 15) is 0 Å². The summed E-state index contributed by atoms with van der Waals surface area (Å²) in [5.74, 6) is 0. The molecule has 0 saturated heterocycles. The van der Waals surface area contributed by atoms with Crippen molar-refractivity contribution in [2.24, 2.45) is 0 Å². The van der Waals surface area contributed by atoms with Crippen LogP contribution in [-0.2, 0) is 6.42 Å². The van der Waals surface area contributed by atoms with Crippen LogP contribution >= 0.6 is 0 Å². The summed E-state index contributed by atoms with van der Waals surface area (Å²) in [4.78, 5) is 0. The molecule has 1 aromatic carbocycles. The summed E-state index contributed by atoms with van der Waals surface area (Å²) in [6.45, 7) is 8.16. The Kier molecular flexibility index (Phi) is 3.75. The Balaban J connectivity index is 2.81. The van der Waals surface area contributed by atoms with Crippen LogP contribution in [0.25, 0.3) is 6.08 Å². The van der Waals surface area contributed by atoms with Crippen molar-refractivity contribution in [2.45, 2.75) is 33.1 Å². The minimum atomic E-state index is 1.19. The molecule has 0 fully saturated rings. The number of hydrogen-bond acceptors (Lipinski definition) is 0. The molecular formula is C13H18. The molecule has 0 aliphatic rings. The summed E-state index contributed by atoms with van der Waals surface area (Å²) < 4.78 is 0. The molecule has 0 aliphatic carbocycles. The maximum atomic E-state index is 3.79. The Morgan fingerprint density at radius 1 is 1.31 bits per heavy atom. The maximum Gasteiger partial charge on any atom is -0.0257 e. The van der Waals surface area contributed by atoms with E-state index >= 15 is 0 Å². The fourth-order valence-corrected chi connectivity index (χ4v) is 1.54. The van der Waals surface area contributed by atoms with Crippen molar-refractivity contribution in [1.82, 2.24) is 0 Å². The zero-order valence-corrected chi connectivity index (χ0v) is 8.64. The van der Waals surface area contributed by atoms with Gasteiger partial charge in [-0.2, -0.15) is 0 Å². The average molecular weight is 174 g/mol. The summed E-state index contributed by atoms with van der Waals surface area (Å²) in [5.41, 5.74) is 4.02. The number of rotatable bonds is 4. The van der Waals surface area contributed by atoms with Crippen LogP contribution in [0.4, 0.5) is 0 Å². The number of benzene rings is 1. The molecule has 0 amide bonds. The zero-order valence-electron chi connectivity index (χ0n) is 8.64. The zero-order chi connectivity index (χ0) is 9.68. The van der Waals surface area contributed by atoms with Crippen LogP contribution < -0.4 is 0 Å². The lowest BCUT2D eigenvalue weighted by atomic mass is 10.0. The van der Waals surface area contributed by atoms with Crippen molar-refractivity contribution in [2.75, 3.05) is 0 Å².